The number of aromatic nitrogens is 2. The van der Waals surface area contributed by atoms with Gasteiger partial charge in [-0.05, 0) is 85.9 Å². The number of anilines is 1. The minimum Gasteiger partial charge on any atom is -0.369 e. The molecule has 36 heavy (non-hydrogen) atoms. The van der Waals surface area contributed by atoms with Crippen LogP contribution in [0.3, 0.4) is 0 Å². The van der Waals surface area contributed by atoms with Gasteiger partial charge in [0.2, 0.25) is 10.0 Å². The van der Waals surface area contributed by atoms with Crippen molar-refractivity contribution < 1.29 is 13.0 Å². The second-order valence-corrected chi connectivity index (χ2v) is 13.8. The van der Waals surface area contributed by atoms with Crippen molar-refractivity contribution in [2.24, 2.45) is 11.8 Å². The summed E-state index contributed by atoms with van der Waals surface area (Å²) in [5, 5.41) is 8.34. The predicted molar refractivity (Wildman–Crippen MR) is 141 cm³/mol. The zero-order valence-electron chi connectivity index (χ0n) is 21.8. The van der Waals surface area contributed by atoms with Gasteiger partial charge in [0, 0.05) is 43.7 Å². The quantitative estimate of drug-likeness (QED) is 0.534. The van der Waals surface area contributed by atoms with Gasteiger partial charge in [-0.3, -0.25) is 4.90 Å². The molecule has 9 heteroatoms. The number of sulfonamides is 1. The first kappa shape index (κ1) is 24.6. The lowest BCUT2D eigenvalue weighted by Crippen LogP contribution is -2.55. The first-order valence-electron chi connectivity index (χ1n) is 14.1. The third-order valence-electron chi connectivity index (χ3n) is 9.17. The summed E-state index contributed by atoms with van der Waals surface area (Å²) in [6.07, 6.45) is 14.4. The van der Waals surface area contributed by atoms with E-state index in [1.807, 2.05) is 13.0 Å². The Kier molecular flexibility index (Phi) is 6.75. The molecule has 3 heterocycles. The van der Waals surface area contributed by atoms with Crippen LogP contribution < -0.4 is 4.90 Å². The summed E-state index contributed by atoms with van der Waals surface area (Å²) in [6.45, 7) is 6.44. The molecule has 2 aliphatic heterocycles. The van der Waals surface area contributed by atoms with Gasteiger partial charge in [-0.2, -0.15) is 4.31 Å². The number of benzene rings is 1. The van der Waals surface area contributed by atoms with Crippen molar-refractivity contribution in [3.8, 4) is 0 Å². The van der Waals surface area contributed by atoms with Crippen molar-refractivity contribution in [3.63, 3.8) is 0 Å². The van der Waals surface area contributed by atoms with Crippen molar-refractivity contribution in [2.75, 3.05) is 37.3 Å². The lowest BCUT2D eigenvalue weighted by atomic mass is 9.80. The zero-order valence-corrected chi connectivity index (χ0v) is 22.6. The molecule has 3 atom stereocenters. The van der Waals surface area contributed by atoms with Crippen LogP contribution in [0.4, 0.5) is 5.69 Å². The number of hydrogen-bond donors (Lipinski definition) is 0. The van der Waals surface area contributed by atoms with Gasteiger partial charge in [0.15, 0.2) is 5.52 Å². The molecule has 2 saturated carbocycles. The third-order valence-corrected chi connectivity index (χ3v) is 10.5. The van der Waals surface area contributed by atoms with E-state index in [2.05, 4.69) is 26.2 Å². The zero-order chi connectivity index (χ0) is 24.9. The Hall–Kier alpha value is -1.71. The van der Waals surface area contributed by atoms with Gasteiger partial charge in [-0.25, -0.2) is 13.0 Å². The molecule has 0 amide bonds. The number of piperidine rings is 1. The van der Waals surface area contributed by atoms with E-state index in [9.17, 15) is 8.42 Å². The fraction of sp³-hybridized carbons (Fsp3) is 0.778. The Morgan fingerprint density at radius 1 is 1.03 bits per heavy atom. The van der Waals surface area contributed by atoms with Crippen LogP contribution in [0.25, 0.3) is 11.0 Å². The molecule has 6 rings (SSSR count). The van der Waals surface area contributed by atoms with E-state index in [-0.39, 0.29) is 12.1 Å². The second-order valence-electron chi connectivity index (χ2n) is 11.9. The van der Waals surface area contributed by atoms with Crippen LogP contribution >= 0.6 is 0 Å². The summed E-state index contributed by atoms with van der Waals surface area (Å²) in [5.41, 5.74) is 3.47. The molecule has 2 aromatic rings. The minimum atomic E-state index is -3.30. The standard InChI is InChI=1S/C27H41N5O3S/c1-19(32(23-11-12-23)36(2,33)34)22-14-24-27(29-35-28-24)26(15-22)31-17-20(18-31)16-30-13-7-9-21-8-5-3-4-6-10-25(21)30/h14-15,19-21,23,25H,3-13,16-18H2,1-2H3. The van der Waals surface area contributed by atoms with E-state index in [4.69, 9.17) is 4.63 Å². The van der Waals surface area contributed by atoms with Crippen LogP contribution in [0, 0.1) is 11.8 Å². The number of likely N-dealkylation sites (tertiary alicyclic amines) is 1. The summed E-state index contributed by atoms with van der Waals surface area (Å²) in [7, 11) is -3.30. The SMILES string of the molecule is CC(c1cc(N2CC(CN3CCCC4CCCCCCC43)C2)c2nonc2c1)N(C1CC1)S(C)(=O)=O. The largest absolute Gasteiger partial charge is 0.369 e. The molecule has 1 aromatic heterocycles. The fourth-order valence-electron chi connectivity index (χ4n) is 7.25. The molecule has 0 N–H and O–H groups in total. The van der Waals surface area contributed by atoms with Gasteiger partial charge in [0.1, 0.15) is 5.52 Å². The Balaban J connectivity index is 1.17. The van der Waals surface area contributed by atoms with Crippen molar-refractivity contribution in [1.82, 2.24) is 19.5 Å². The highest BCUT2D eigenvalue weighted by molar-refractivity contribution is 7.88. The smallest absolute Gasteiger partial charge is 0.212 e. The molecule has 0 radical (unpaired) electrons. The Bertz CT molecular complexity index is 1170. The van der Waals surface area contributed by atoms with Gasteiger partial charge in [-0.1, -0.05) is 25.7 Å². The molecule has 1 aromatic carbocycles. The summed E-state index contributed by atoms with van der Waals surface area (Å²) < 4.78 is 31.9. The highest BCUT2D eigenvalue weighted by Crippen LogP contribution is 2.40. The van der Waals surface area contributed by atoms with Crippen LogP contribution in [0.5, 0.6) is 0 Å². The molecule has 3 unspecified atom stereocenters. The van der Waals surface area contributed by atoms with E-state index < -0.39 is 10.0 Å². The molecular weight excluding hydrogens is 474 g/mol. The van der Waals surface area contributed by atoms with E-state index in [0.717, 1.165) is 54.7 Å². The maximum Gasteiger partial charge on any atom is 0.212 e. The summed E-state index contributed by atoms with van der Waals surface area (Å²) in [4.78, 5) is 5.21. The number of rotatable bonds is 7. The monoisotopic (exact) mass is 515 g/mol. The minimum absolute atomic E-state index is 0.111. The maximum absolute atomic E-state index is 12.6. The summed E-state index contributed by atoms with van der Waals surface area (Å²) >= 11 is 0. The molecule has 0 bridgehead atoms. The first-order valence-corrected chi connectivity index (χ1v) is 16.0. The van der Waals surface area contributed by atoms with Crippen molar-refractivity contribution >= 4 is 26.7 Å². The van der Waals surface area contributed by atoms with Gasteiger partial charge in [0.05, 0.1) is 11.9 Å². The Morgan fingerprint density at radius 3 is 2.53 bits per heavy atom. The van der Waals surface area contributed by atoms with Gasteiger partial charge < -0.3 is 4.90 Å². The van der Waals surface area contributed by atoms with Crippen molar-refractivity contribution in [3.05, 3.63) is 17.7 Å². The third kappa shape index (κ3) is 4.90. The van der Waals surface area contributed by atoms with Crippen molar-refractivity contribution in [1.29, 1.82) is 0 Å². The Labute approximate surface area is 215 Å². The maximum atomic E-state index is 12.6. The average Bonchev–Trinajstić information content (AvgIpc) is 3.49. The first-order chi connectivity index (χ1) is 17.4. The molecule has 8 nitrogen and oxygen atoms in total. The fourth-order valence-corrected chi connectivity index (χ4v) is 8.70. The van der Waals surface area contributed by atoms with Crippen LogP contribution in [0.1, 0.15) is 82.7 Å². The van der Waals surface area contributed by atoms with Gasteiger partial charge in [-0.15, -0.1) is 0 Å². The highest BCUT2D eigenvalue weighted by Gasteiger charge is 2.40. The molecule has 4 aliphatic rings. The average molecular weight is 516 g/mol. The van der Waals surface area contributed by atoms with Crippen LogP contribution in [0.2, 0.25) is 0 Å². The van der Waals surface area contributed by atoms with E-state index in [1.54, 1.807) is 4.31 Å². The molecule has 4 fully saturated rings. The van der Waals surface area contributed by atoms with Gasteiger partial charge in [0.25, 0.3) is 0 Å². The molecule has 198 valence electrons. The normalized spacial score (nSPS) is 27.5. The number of nitrogens with zero attached hydrogens (tertiary/aromatic N) is 5. The second kappa shape index (κ2) is 9.87. The van der Waals surface area contributed by atoms with Crippen LogP contribution in [-0.2, 0) is 10.0 Å². The van der Waals surface area contributed by atoms with E-state index in [0.29, 0.717) is 11.4 Å². The molecule has 2 aliphatic carbocycles. The lowest BCUT2D eigenvalue weighted by molar-refractivity contribution is 0.0544. The van der Waals surface area contributed by atoms with Crippen LogP contribution in [-0.4, -0.2) is 72.5 Å². The summed E-state index contributed by atoms with van der Waals surface area (Å²) in [6, 6.07) is 4.72. The van der Waals surface area contributed by atoms with E-state index in [1.165, 1.54) is 70.7 Å². The highest BCUT2D eigenvalue weighted by atomic mass is 32.2. The molecule has 0 spiro atoms. The van der Waals surface area contributed by atoms with Crippen molar-refractivity contribution in [2.45, 2.75) is 89.3 Å². The summed E-state index contributed by atoms with van der Waals surface area (Å²) in [5.74, 6) is 1.56. The molecular formula is C27H41N5O3S. The predicted octanol–water partition coefficient (Wildman–Crippen LogP) is 4.58. The van der Waals surface area contributed by atoms with Crippen LogP contribution in [0.15, 0.2) is 16.8 Å². The Morgan fingerprint density at radius 2 is 1.78 bits per heavy atom. The number of fused-ring (bicyclic) bond motifs is 2. The molecule has 2 saturated heterocycles. The topological polar surface area (TPSA) is 82.8 Å². The van der Waals surface area contributed by atoms with Gasteiger partial charge >= 0.3 is 0 Å². The lowest BCUT2D eigenvalue weighted by Gasteiger charge is -2.48. The number of hydrogen-bond acceptors (Lipinski definition) is 7. The van der Waals surface area contributed by atoms with E-state index >= 15 is 0 Å².